The first-order valence-corrected chi connectivity index (χ1v) is 17.0. The van der Waals surface area contributed by atoms with E-state index in [9.17, 15) is 23.1 Å². The van der Waals surface area contributed by atoms with Crippen LogP contribution in [0.15, 0.2) is 59.6 Å². The number of carbonyl (C=O) groups excluding carboxylic acids is 2. The minimum atomic E-state index is -3.86. The van der Waals surface area contributed by atoms with Gasteiger partial charge in [-0.25, -0.2) is 13.2 Å². The van der Waals surface area contributed by atoms with Gasteiger partial charge in [-0.15, -0.1) is 0 Å². The Morgan fingerprint density at radius 3 is 2.49 bits per heavy atom. The molecular weight excluding hydrogens is 596 g/mol. The Morgan fingerprint density at radius 2 is 1.80 bits per heavy atom. The number of nitrogens with two attached hydrogens (primary N) is 1. The van der Waals surface area contributed by atoms with Gasteiger partial charge in [-0.2, -0.15) is 4.31 Å². The molecule has 3 amide bonds. The van der Waals surface area contributed by atoms with Gasteiger partial charge in [0.25, 0.3) is 0 Å². The van der Waals surface area contributed by atoms with Crippen molar-refractivity contribution in [2.75, 3.05) is 51.7 Å². The number of H-pyrrole nitrogens is 1. The Kier molecular flexibility index (Phi) is 12.2. The molecule has 4 rings (SSSR count). The second-order valence-electron chi connectivity index (χ2n) is 11.8. The van der Waals surface area contributed by atoms with Crippen LogP contribution in [0.25, 0.3) is 10.9 Å². The maximum absolute atomic E-state index is 13.5. The molecule has 2 aromatic carbocycles. The molecule has 246 valence electrons. The summed E-state index contributed by atoms with van der Waals surface area (Å²) in [5, 5.41) is 17.1. The number of carbonyl (C=O) groups is 2. The lowest BCUT2D eigenvalue weighted by Gasteiger charge is -2.31. The molecule has 0 aliphatic carbocycles. The highest BCUT2D eigenvalue weighted by molar-refractivity contribution is 7.89. The molecular formula is C32H46N6O6S. The summed E-state index contributed by atoms with van der Waals surface area (Å²) in [7, 11) is -3.86. The van der Waals surface area contributed by atoms with Crippen molar-refractivity contribution in [3.63, 3.8) is 0 Å². The number of morpholine rings is 1. The van der Waals surface area contributed by atoms with E-state index in [-0.39, 0.29) is 35.9 Å². The van der Waals surface area contributed by atoms with E-state index in [1.807, 2.05) is 44.3 Å². The molecule has 0 saturated carbocycles. The SMILES string of the molecule is CC(C)CN([C@H](CO)CCCCNC(=O)[C@H](Cc1c[nH]c2ccccc12)NC(=O)N1CCOCC1)S(=O)(=O)c1ccc(N)cc1. The second kappa shape index (κ2) is 16.1. The van der Waals surface area contributed by atoms with E-state index in [2.05, 4.69) is 15.6 Å². The van der Waals surface area contributed by atoms with Crippen LogP contribution in [-0.2, 0) is 26.0 Å². The van der Waals surface area contributed by atoms with Crippen molar-refractivity contribution in [3.05, 3.63) is 60.3 Å². The molecule has 0 unspecified atom stereocenters. The van der Waals surface area contributed by atoms with Gasteiger partial charge in [-0.1, -0.05) is 38.5 Å². The van der Waals surface area contributed by atoms with Crippen molar-refractivity contribution in [1.29, 1.82) is 0 Å². The van der Waals surface area contributed by atoms with Crippen molar-refractivity contribution >= 4 is 38.6 Å². The number of aromatic nitrogens is 1. The lowest BCUT2D eigenvalue weighted by Crippen LogP contribution is -2.54. The zero-order valence-electron chi connectivity index (χ0n) is 26.1. The number of aromatic amines is 1. The highest BCUT2D eigenvalue weighted by Crippen LogP contribution is 2.24. The van der Waals surface area contributed by atoms with Gasteiger partial charge in [0.2, 0.25) is 15.9 Å². The third-order valence-electron chi connectivity index (χ3n) is 7.92. The van der Waals surface area contributed by atoms with Crippen molar-refractivity contribution in [2.45, 2.75) is 56.5 Å². The van der Waals surface area contributed by atoms with Gasteiger partial charge in [0.05, 0.1) is 24.7 Å². The Morgan fingerprint density at radius 1 is 1.09 bits per heavy atom. The molecule has 2 heterocycles. The Bertz CT molecular complexity index is 1500. The predicted molar refractivity (Wildman–Crippen MR) is 174 cm³/mol. The molecule has 45 heavy (non-hydrogen) atoms. The summed E-state index contributed by atoms with van der Waals surface area (Å²) in [4.78, 5) is 31.4. The van der Waals surface area contributed by atoms with Gasteiger partial charge >= 0.3 is 6.03 Å². The minimum Gasteiger partial charge on any atom is -0.399 e. The number of aliphatic hydroxyl groups excluding tert-OH is 1. The summed E-state index contributed by atoms with van der Waals surface area (Å²) in [5.74, 6) is -0.253. The van der Waals surface area contributed by atoms with E-state index >= 15 is 0 Å². The molecule has 6 N–H and O–H groups in total. The molecule has 1 saturated heterocycles. The molecule has 12 nitrogen and oxygen atoms in total. The van der Waals surface area contributed by atoms with Crippen LogP contribution in [0.4, 0.5) is 10.5 Å². The fourth-order valence-corrected chi connectivity index (χ4v) is 7.29. The van der Waals surface area contributed by atoms with Crippen LogP contribution < -0.4 is 16.4 Å². The molecule has 1 aromatic heterocycles. The lowest BCUT2D eigenvalue weighted by atomic mass is 10.0. The quantitative estimate of drug-likeness (QED) is 0.125. The highest BCUT2D eigenvalue weighted by atomic mass is 32.2. The van der Waals surface area contributed by atoms with Crippen molar-refractivity contribution in [1.82, 2.24) is 24.8 Å². The summed E-state index contributed by atoms with van der Waals surface area (Å²) >= 11 is 0. The standard InChI is InChI=1S/C32H46N6O6S/c1-23(2)21-38(45(42,43)27-12-10-25(33)11-13-27)26(22-39)7-5-6-14-34-31(40)30(36-32(41)37-15-17-44-18-16-37)19-24-20-35-29-9-4-3-8-28(24)29/h3-4,8-13,20,23,26,30,35,39H,5-7,14-19,21-22,33H2,1-2H3,(H,34,40)(H,36,41)/t26-,30-/m0/s1. The van der Waals surface area contributed by atoms with Crippen LogP contribution in [0.3, 0.4) is 0 Å². The second-order valence-corrected chi connectivity index (χ2v) is 13.7. The number of fused-ring (bicyclic) bond motifs is 1. The fraction of sp³-hybridized carbons (Fsp3) is 0.500. The highest BCUT2D eigenvalue weighted by Gasteiger charge is 2.32. The van der Waals surface area contributed by atoms with E-state index in [4.69, 9.17) is 10.5 Å². The van der Waals surface area contributed by atoms with Crippen molar-refractivity contribution in [3.8, 4) is 0 Å². The molecule has 13 heteroatoms. The number of urea groups is 1. The number of hydrogen-bond donors (Lipinski definition) is 5. The molecule has 0 bridgehead atoms. The van der Waals surface area contributed by atoms with Gasteiger partial charge in [0, 0.05) is 61.4 Å². The zero-order chi connectivity index (χ0) is 32.4. The third kappa shape index (κ3) is 9.19. The third-order valence-corrected chi connectivity index (χ3v) is 9.86. The summed E-state index contributed by atoms with van der Waals surface area (Å²) in [6.07, 6.45) is 3.73. The van der Waals surface area contributed by atoms with E-state index in [0.717, 1.165) is 16.5 Å². The first kappa shape index (κ1) is 34.2. The van der Waals surface area contributed by atoms with Crippen LogP contribution in [0, 0.1) is 5.92 Å². The summed E-state index contributed by atoms with van der Waals surface area (Å²) < 4.78 is 33.8. The number of amides is 3. The van der Waals surface area contributed by atoms with Gasteiger partial charge in [-0.3, -0.25) is 4.79 Å². The number of unbranched alkanes of at least 4 members (excludes halogenated alkanes) is 1. The van der Waals surface area contributed by atoms with Gasteiger partial charge in [0.1, 0.15) is 6.04 Å². The number of rotatable bonds is 15. The fourth-order valence-electron chi connectivity index (χ4n) is 5.48. The first-order valence-electron chi connectivity index (χ1n) is 15.5. The maximum Gasteiger partial charge on any atom is 0.318 e. The Labute approximate surface area is 265 Å². The summed E-state index contributed by atoms with van der Waals surface area (Å²) in [6, 6.07) is 12.1. The predicted octanol–water partition coefficient (Wildman–Crippen LogP) is 2.70. The smallest absolute Gasteiger partial charge is 0.318 e. The van der Waals surface area contributed by atoms with E-state index < -0.39 is 22.1 Å². The zero-order valence-corrected chi connectivity index (χ0v) is 26.9. The number of aliphatic hydroxyl groups is 1. The van der Waals surface area contributed by atoms with Crippen molar-refractivity contribution in [2.24, 2.45) is 5.92 Å². The molecule has 1 fully saturated rings. The van der Waals surface area contributed by atoms with E-state index in [1.54, 1.807) is 17.0 Å². The van der Waals surface area contributed by atoms with Crippen molar-refractivity contribution < 1.29 is 27.9 Å². The van der Waals surface area contributed by atoms with Crippen LogP contribution in [-0.4, -0.2) is 97.7 Å². The lowest BCUT2D eigenvalue weighted by molar-refractivity contribution is -0.123. The Balaban J connectivity index is 1.36. The molecule has 0 radical (unpaired) electrons. The van der Waals surface area contributed by atoms with Crippen LogP contribution in [0.5, 0.6) is 0 Å². The van der Waals surface area contributed by atoms with Crippen LogP contribution >= 0.6 is 0 Å². The summed E-state index contributed by atoms with van der Waals surface area (Å²) in [5.41, 5.74) is 8.10. The number of nitrogens with one attached hydrogen (secondary N) is 3. The number of ether oxygens (including phenoxy) is 1. The number of benzene rings is 2. The number of anilines is 1. The minimum absolute atomic E-state index is 0.0450. The van der Waals surface area contributed by atoms with Gasteiger partial charge in [0.15, 0.2) is 0 Å². The monoisotopic (exact) mass is 642 g/mol. The molecule has 2 atom stereocenters. The number of nitrogen functional groups attached to an aromatic ring is 1. The normalized spacial score (nSPS) is 15.4. The molecule has 3 aromatic rings. The van der Waals surface area contributed by atoms with Crippen LogP contribution in [0.1, 0.15) is 38.7 Å². The number of nitrogens with zero attached hydrogens (tertiary/aromatic N) is 2. The average Bonchev–Trinajstić information content (AvgIpc) is 3.44. The van der Waals surface area contributed by atoms with Crippen LogP contribution in [0.2, 0.25) is 0 Å². The first-order chi connectivity index (χ1) is 21.6. The van der Waals surface area contributed by atoms with Gasteiger partial charge in [-0.05, 0) is 54.7 Å². The largest absolute Gasteiger partial charge is 0.399 e. The van der Waals surface area contributed by atoms with E-state index in [1.165, 1.54) is 16.4 Å². The molecule has 1 aliphatic heterocycles. The molecule has 0 spiro atoms. The average molecular weight is 643 g/mol. The van der Waals surface area contributed by atoms with Gasteiger partial charge < -0.3 is 36.1 Å². The summed E-state index contributed by atoms with van der Waals surface area (Å²) in [6.45, 7) is 5.96. The van der Waals surface area contributed by atoms with E-state index in [0.29, 0.717) is 64.2 Å². The number of para-hydroxylation sites is 1. The Hall–Kier alpha value is -3.65. The topological polar surface area (TPSA) is 170 Å². The maximum atomic E-state index is 13.5. The number of hydrogen-bond acceptors (Lipinski definition) is 7. The molecule has 1 aliphatic rings. The number of sulfonamides is 1.